The molecule has 0 aliphatic carbocycles. The van der Waals surface area contributed by atoms with Crippen LogP contribution in [0, 0.1) is 0 Å². The van der Waals surface area contributed by atoms with Gasteiger partial charge in [0.1, 0.15) is 0 Å². The zero-order valence-corrected chi connectivity index (χ0v) is 9.94. The van der Waals surface area contributed by atoms with E-state index in [1.54, 1.807) is 11.3 Å². The van der Waals surface area contributed by atoms with E-state index in [4.69, 9.17) is 11.6 Å². The number of aromatic nitrogens is 1. The van der Waals surface area contributed by atoms with Crippen LogP contribution in [-0.4, -0.2) is 17.6 Å². The summed E-state index contributed by atoms with van der Waals surface area (Å²) < 4.78 is 0. The van der Waals surface area contributed by atoms with Gasteiger partial charge in [-0.3, -0.25) is 0 Å². The molecule has 1 atom stereocenters. The lowest BCUT2D eigenvalue weighted by Gasteiger charge is -2.22. The van der Waals surface area contributed by atoms with Crippen molar-refractivity contribution in [3.8, 4) is 0 Å². The molecule has 1 unspecified atom stereocenters. The van der Waals surface area contributed by atoms with Crippen molar-refractivity contribution < 1.29 is 0 Å². The van der Waals surface area contributed by atoms with E-state index in [0.29, 0.717) is 11.9 Å². The molecule has 4 heteroatoms. The van der Waals surface area contributed by atoms with Crippen LogP contribution in [0.15, 0.2) is 6.20 Å². The number of halogens is 1. The van der Waals surface area contributed by atoms with Gasteiger partial charge in [-0.2, -0.15) is 0 Å². The van der Waals surface area contributed by atoms with Crippen molar-refractivity contribution in [3.05, 3.63) is 11.1 Å². The first kappa shape index (κ1) is 10.2. The molecule has 14 heavy (non-hydrogen) atoms. The molecule has 1 fully saturated rings. The van der Waals surface area contributed by atoms with E-state index < -0.39 is 0 Å². The summed E-state index contributed by atoms with van der Waals surface area (Å²) in [5, 5.41) is 1.16. The van der Waals surface area contributed by atoms with Crippen molar-refractivity contribution in [3.63, 3.8) is 0 Å². The van der Waals surface area contributed by atoms with Gasteiger partial charge in [-0.05, 0) is 19.3 Å². The van der Waals surface area contributed by atoms with Crippen LogP contribution in [0.2, 0.25) is 0 Å². The Kier molecular flexibility index (Phi) is 3.29. The largest absolute Gasteiger partial charge is 0.345 e. The summed E-state index contributed by atoms with van der Waals surface area (Å²) >= 11 is 7.50. The van der Waals surface area contributed by atoms with E-state index in [-0.39, 0.29) is 0 Å². The first-order chi connectivity index (χ1) is 6.85. The molecule has 1 saturated heterocycles. The van der Waals surface area contributed by atoms with Crippen molar-refractivity contribution in [2.75, 3.05) is 11.4 Å². The minimum atomic E-state index is 0.586. The van der Waals surface area contributed by atoms with Crippen LogP contribution in [-0.2, 0) is 5.88 Å². The highest BCUT2D eigenvalue weighted by Gasteiger charge is 2.24. The first-order valence-electron chi connectivity index (χ1n) is 5.12. The molecule has 0 amide bonds. The van der Waals surface area contributed by atoms with Crippen LogP contribution in [0.1, 0.15) is 31.1 Å². The number of thiazole rings is 1. The van der Waals surface area contributed by atoms with Crippen LogP contribution >= 0.6 is 22.9 Å². The Bertz CT molecular complexity index is 300. The maximum absolute atomic E-state index is 5.77. The van der Waals surface area contributed by atoms with Gasteiger partial charge in [0.2, 0.25) is 0 Å². The van der Waals surface area contributed by atoms with Crippen LogP contribution in [0.4, 0.5) is 5.13 Å². The molecule has 1 aliphatic heterocycles. The zero-order valence-electron chi connectivity index (χ0n) is 8.37. The van der Waals surface area contributed by atoms with E-state index in [1.165, 1.54) is 24.1 Å². The van der Waals surface area contributed by atoms with Crippen molar-refractivity contribution in [1.29, 1.82) is 0 Å². The number of nitrogens with zero attached hydrogens (tertiary/aromatic N) is 2. The minimum absolute atomic E-state index is 0.586. The number of rotatable bonds is 3. The molecule has 1 aromatic heterocycles. The van der Waals surface area contributed by atoms with Gasteiger partial charge in [0.25, 0.3) is 0 Å². The molecular formula is C10H15ClN2S. The van der Waals surface area contributed by atoms with Gasteiger partial charge < -0.3 is 4.90 Å². The molecule has 0 aromatic carbocycles. The van der Waals surface area contributed by atoms with Gasteiger partial charge in [-0.15, -0.1) is 22.9 Å². The van der Waals surface area contributed by atoms with Crippen molar-refractivity contribution >= 4 is 28.1 Å². The lowest BCUT2D eigenvalue weighted by molar-refractivity contribution is 0.644. The van der Waals surface area contributed by atoms with Crippen LogP contribution < -0.4 is 4.90 Å². The van der Waals surface area contributed by atoms with Gasteiger partial charge in [0.05, 0.1) is 5.88 Å². The highest BCUT2D eigenvalue weighted by atomic mass is 35.5. The van der Waals surface area contributed by atoms with Gasteiger partial charge in [0, 0.05) is 23.7 Å². The number of hydrogen-bond acceptors (Lipinski definition) is 3. The summed E-state index contributed by atoms with van der Waals surface area (Å²) in [6, 6.07) is 0.698. The SMILES string of the molecule is CCC1CCCN1c1ncc(CCl)s1. The second-order valence-corrected chi connectivity index (χ2v) is 5.00. The average Bonchev–Trinajstić information content (AvgIpc) is 2.85. The fourth-order valence-electron chi connectivity index (χ4n) is 2.00. The minimum Gasteiger partial charge on any atom is -0.345 e. The Balaban J connectivity index is 2.13. The Morgan fingerprint density at radius 3 is 3.21 bits per heavy atom. The highest BCUT2D eigenvalue weighted by molar-refractivity contribution is 7.15. The second kappa shape index (κ2) is 4.49. The Morgan fingerprint density at radius 2 is 2.57 bits per heavy atom. The molecule has 1 aromatic rings. The molecule has 78 valence electrons. The predicted octanol–water partition coefficient (Wildman–Crippen LogP) is 3.26. The molecule has 0 N–H and O–H groups in total. The molecule has 0 spiro atoms. The van der Waals surface area contributed by atoms with Gasteiger partial charge in [-0.1, -0.05) is 6.92 Å². The summed E-state index contributed by atoms with van der Waals surface area (Å²) in [7, 11) is 0. The van der Waals surface area contributed by atoms with E-state index in [0.717, 1.165) is 11.7 Å². The Labute approximate surface area is 93.9 Å². The number of alkyl halides is 1. The number of hydrogen-bond donors (Lipinski definition) is 0. The van der Waals surface area contributed by atoms with Crippen LogP contribution in [0.5, 0.6) is 0 Å². The summed E-state index contributed by atoms with van der Waals surface area (Å²) in [4.78, 5) is 8.03. The van der Waals surface area contributed by atoms with Gasteiger partial charge in [0.15, 0.2) is 5.13 Å². The van der Waals surface area contributed by atoms with Crippen molar-refractivity contribution in [2.24, 2.45) is 0 Å². The van der Waals surface area contributed by atoms with Gasteiger partial charge in [-0.25, -0.2) is 4.98 Å². The van der Waals surface area contributed by atoms with E-state index >= 15 is 0 Å². The fraction of sp³-hybridized carbons (Fsp3) is 0.700. The summed E-state index contributed by atoms with van der Waals surface area (Å²) in [5.41, 5.74) is 0. The maximum atomic E-state index is 5.77. The molecule has 2 rings (SSSR count). The topological polar surface area (TPSA) is 16.1 Å². The number of anilines is 1. The lowest BCUT2D eigenvalue weighted by Crippen LogP contribution is -2.28. The third-order valence-electron chi connectivity index (χ3n) is 2.77. The second-order valence-electron chi connectivity index (χ2n) is 3.64. The highest BCUT2D eigenvalue weighted by Crippen LogP contribution is 2.31. The molecule has 0 bridgehead atoms. The van der Waals surface area contributed by atoms with Crippen molar-refractivity contribution in [1.82, 2.24) is 4.98 Å². The summed E-state index contributed by atoms with van der Waals surface area (Å²) in [6.45, 7) is 3.41. The van der Waals surface area contributed by atoms with E-state index in [2.05, 4.69) is 16.8 Å². The van der Waals surface area contributed by atoms with E-state index in [9.17, 15) is 0 Å². The maximum Gasteiger partial charge on any atom is 0.185 e. The molecule has 2 heterocycles. The third-order valence-corrected chi connectivity index (χ3v) is 4.25. The fourth-order valence-corrected chi connectivity index (χ4v) is 3.09. The Morgan fingerprint density at radius 1 is 1.71 bits per heavy atom. The summed E-state index contributed by atoms with van der Waals surface area (Å²) in [5.74, 6) is 0.586. The van der Waals surface area contributed by atoms with Crippen LogP contribution in [0.3, 0.4) is 0 Å². The van der Waals surface area contributed by atoms with E-state index in [1.807, 2.05) is 6.20 Å². The zero-order chi connectivity index (χ0) is 9.97. The normalized spacial score (nSPS) is 21.9. The third kappa shape index (κ3) is 1.89. The van der Waals surface area contributed by atoms with Gasteiger partial charge >= 0.3 is 0 Å². The van der Waals surface area contributed by atoms with Crippen LogP contribution in [0.25, 0.3) is 0 Å². The molecule has 2 nitrogen and oxygen atoms in total. The molecule has 0 radical (unpaired) electrons. The molecular weight excluding hydrogens is 216 g/mol. The lowest BCUT2D eigenvalue weighted by atomic mass is 10.2. The smallest absolute Gasteiger partial charge is 0.185 e. The predicted molar refractivity (Wildman–Crippen MR) is 62.3 cm³/mol. The first-order valence-corrected chi connectivity index (χ1v) is 6.47. The molecule has 0 saturated carbocycles. The standard InChI is InChI=1S/C10H15ClN2S/c1-2-8-4-3-5-13(8)10-12-7-9(6-11)14-10/h7-8H,2-6H2,1H3. The quantitative estimate of drug-likeness (QED) is 0.741. The average molecular weight is 231 g/mol. The van der Waals surface area contributed by atoms with Crippen molar-refractivity contribution in [2.45, 2.75) is 38.1 Å². The molecule has 1 aliphatic rings. The monoisotopic (exact) mass is 230 g/mol. The summed E-state index contributed by atoms with van der Waals surface area (Å²) in [6.07, 6.45) is 5.73. The Hall–Kier alpha value is -0.280.